The largest absolute Gasteiger partial charge is 0.360 e. The molecule has 26 heavy (non-hydrogen) atoms. The van der Waals surface area contributed by atoms with E-state index >= 15 is 0 Å². The number of sulfonamides is 1. The Labute approximate surface area is 148 Å². The summed E-state index contributed by atoms with van der Waals surface area (Å²) in [5, 5.41) is 6.42. The molecular weight excluding hydrogens is 364 g/mol. The van der Waals surface area contributed by atoms with Crippen molar-refractivity contribution in [2.75, 3.05) is 10.0 Å². The fraction of sp³-hybridized carbons (Fsp3) is 0.118. The lowest BCUT2D eigenvalue weighted by molar-refractivity contribution is 0.390. The van der Waals surface area contributed by atoms with Gasteiger partial charge in [-0.2, -0.15) is 0 Å². The molecule has 3 aromatic rings. The maximum absolute atomic E-state index is 13.7. The summed E-state index contributed by atoms with van der Waals surface area (Å²) in [5.41, 5.74) is 1.20. The van der Waals surface area contributed by atoms with E-state index in [1.54, 1.807) is 12.1 Å². The highest BCUT2D eigenvalue weighted by Crippen LogP contribution is 2.25. The number of aromatic nitrogens is 1. The monoisotopic (exact) mass is 379 g/mol. The standard InChI is InChI=1S/C17H15F2N3O3S/c1-10-17(11(2)25-21-10)26(23,24)22-14-6-4-13(5-7-14)20-16-8-3-12(18)9-15(16)19/h3-9,20,22H,1-2H3. The second-order valence-corrected chi connectivity index (χ2v) is 7.20. The predicted octanol–water partition coefficient (Wildman–Crippen LogP) is 4.11. The quantitative estimate of drug-likeness (QED) is 0.697. The van der Waals surface area contributed by atoms with Crippen LogP contribution in [0.1, 0.15) is 11.5 Å². The van der Waals surface area contributed by atoms with Crippen molar-refractivity contribution in [3.63, 3.8) is 0 Å². The van der Waals surface area contributed by atoms with Crippen LogP contribution in [-0.4, -0.2) is 13.6 Å². The maximum Gasteiger partial charge on any atom is 0.267 e. The molecule has 0 radical (unpaired) electrons. The molecule has 1 aromatic heterocycles. The van der Waals surface area contributed by atoms with Crippen molar-refractivity contribution in [2.24, 2.45) is 0 Å². The Bertz CT molecular complexity index is 1030. The number of hydrogen-bond donors (Lipinski definition) is 2. The molecule has 0 amide bonds. The highest BCUT2D eigenvalue weighted by Gasteiger charge is 2.24. The second-order valence-electron chi connectivity index (χ2n) is 5.59. The van der Waals surface area contributed by atoms with Crippen LogP contribution in [0.2, 0.25) is 0 Å². The molecule has 2 aromatic carbocycles. The van der Waals surface area contributed by atoms with Gasteiger partial charge in [0.1, 0.15) is 17.3 Å². The fourth-order valence-electron chi connectivity index (χ4n) is 2.43. The molecule has 0 atom stereocenters. The summed E-state index contributed by atoms with van der Waals surface area (Å²) >= 11 is 0. The van der Waals surface area contributed by atoms with Crippen LogP contribution in [0, 0.1) is 25.5 Å². The first kappa shape index (κ1) is 17.9. The molecule has 3 rings (SSSR count). The molecule has 0 aliphatic carbocycles. The molecule has 0 unspecified atom stereocenters. The number of rotatable bonds is 5. The van der Waals surface area contributed by atoms with E-state index in [2.05, 4.69) is 15.2 Å². The third kappa shape index (κ3) is 3.67. The molecule has 6 nitrogen and oxygen atoms in total. The minimum atomic E-state index is -3.84. The highest BCUT2D eigenvalue weighted by atomic mass is 32.2. The first-order valence-corrected chi connectivity index (χ1v) is 9.02. The summed E-state index contributed by atoms with van der Waals surface area (Å²) in [7, 11) is -3.84. The lowest BCUT2D eigenvalue weighted by atomic mass is 10.2. The zero-order valence-electron chi connectivity index (χ0n) is 13.9. The lowest BCUT2D eigenvalue weighted by Crippen LogP contribution is -2.14. The van der Waals surface area contributed by atoms with Gasteiger partial charge in [0.2, 0.25) is 0 Å². The van der Waals surface area contributed by atoms with E-state index in [9.17, 15) is 17.2 Å². The summed E-state index contributed by atoms with van der Waals surface area (Å²) < 4.78 is 58.8. The van der Waals surface area contributed by atoms with Crippen molar-refractivity contribution in [2.45, 2.75) is 18.7 Å². The maximum atomic E-state index is 13.7. The van der Waals surface area contributed by atoms with Crippen LogP contribution >= 0.6 is 0 Å². The smallest absolute Gasteiger partial charge is 0.267 e. The summed E-state index contributed by atoms with van der Waals surface area (Å²) in [4.78, 5) is -0.00640. The van der Waals surface area contributed by atoms with E-state index in [-0.39, 0.29) is 22.0 Å². The van der Waals surface area contributed by atoms with Crippen molar-refractivity contribution in [3.8, 4) is 0 Å². The van der Waals surface area contributed by atoms with Gasteiger partial charge in [0, 0.05) is 17.4 Å². The summed E-state index contributed by atoms with van der Waals surface area (Å²) in [6, 6.07) is 9.34. The number of hydrogen-bond acceptors (Lipinski definition) is 5. The van der Waals surface area contributed by atoms with Crippen LogP contribution < -0.4 is 10.0 Å². The first-order chi connectivity index (χ1) is 12.3. The Morgan fingerprint density at radius 1 is 1.00 bits per heavy atom. The van der Waals surface area contributed by atoms with Crippen molar-refractivity contribution >= 4 is 27.1 Å². The highest BCUT2D eigenvalue weighted by molar-refractivity contribution is 7.92. The second kappa shape index (κ2) is 6.75. The van der Waals surface area contributed by atoms with Gasteiger partial charge in [-0.25, -0.2) is 17.2 Å². The zero-order chi connectivity index (χ0) is 18.9. The summed E-state index contributed by atoms with van der Waals surface area (Å²) in [6.45, 7) is 3.05. The first-order valence-electron chi connectivity index (χ1n) is 7.54. The topological polar surface area (TPSA) is 84.2 Å². The van der Waals surface area contributed by atoms with Gasteiger partial charge in [-0.15, -0.1) is 0 Å². The molecule has 136 valence electrons. The lowest BCUT2D eigenvalue weighted by Gasteiger charge is -2.10. The molecule has 0 bridgehead atoms. The molecule has 9 heteroatoms. The van der Waals surface area contributed by atoms with Crippen LogP contribution in [0.15, 0.2) is 51.9 Å². The zero-order valence-corrected chi connectivity index (χ0v) is 14.7. The van der Waals surface area contributed by atoms with Gasteiger partial charge < -0.3 is 9.84 Å². The Hall–Kier alpha value is -2.94. The number of anilines is 3. The minimum Gasteiger partial charge on any atom is -0.360 e. The van der Waals surface area contributed by atoms with Crippen molar-refractivity contribution in [1.29, 1.82) is 0 Å². The number of halogens is 2. The van der Waals surface area contributed by atoms with Gasteiger partial charge in [0.15, 0.2) is 10.7 Å². The molecule has 0 spiro atoms. The van der Waals surface area contributed by atoms with Gasteiger partial charge in [0.05, 0.1) is 5.69 Å². The number of benzene rings is 2. The van der Waals surface area contributed by atoms with E-state index in [1.807, 2.05) is 0 Å². The summed E-state index contributed by atoms with van der Waals surface area (Å²) in [5.74, 6) is -1.20. The fourth-order valence-corrected chi connectivity index (χ4v) is 3.82. The number of nitrogens with zero attached hydrogens (tertiary/aromatic N) is 1. The molecule has 0 fully saturated rings. The Morgan fingerprint density at radius 3 is 2.23 bits per heavy atom. The normalized spacial score (nSPS) is 11.4. The van der Waals surface area contributed by atoms with Gasteiger partial charge in [-0.3, -0.25) is 4.72 Å². The van der Waals surface area contributed by atoms with E-state index in [4.69, 9.17) is 4.52 Å². The van der Waals surface area contributed by atoms with Gasteiger partial charge >= 0.3 is 0 Å². The van der Waals surface area contributed by atoms with Crippen LogP contribution in [0.5, 0.6) is 0 Å². The Morgan fingerprint density at radius 2 is 1.65 bits per heavy atom. The van der Waals surface area contributed by atoms with E-state index < -0.39 is 21.7 Å². The van der Waals surface area contributed by atoms with Crippen LogP contribution in [0.4, 0.5) is 25.8 Å². The number of aryl methyl sites for hydroxylation is 2. The van der Waals surface area contributed by atoms with Crippen molar-refractivity contribution < 1.29 is 21.7 Å². The molecule has 0 aliphatic heterocycles. The Kier molecular flexibility index (Phi) is 4.64. The predicted molar refractivity (Wildman–Crippen MR) is 92.9 cm³/mol. The van der Waals surface area contributed by atoms with E-state index in [0.29, 0.717) is 11.4 Å². The third-order valence-corrected chi connectivity index (χ3v) is 5.21. The SMILES string of the molecule is Cc1noc(C)c1S(=O)(=O)Nc1ccc(Nc2ccc(F)cc2F)cc1. The van der Waals surface area contributed by atoms with Gasteiger partial charge in [-0.05, 0) is 50.2 Å². The molecule has 0 saturated carbocycles. The van der Waals surface area contributed by atoms with E-state index in [1.165, 1.54) is 32.0 Å². The Balaban J connectivity index is 1.77. The molecule has 0 aliphatic rings. The van der Waals surface area contributed by atoms with Crippen molar-refractivity contribution in [3.05, 3.63) is 65.6 Å². The van der Waals surface area contributed by atoms with Crippen molar-refractivity contribution in [1.82, 2.24) is 5.16 Å². The molecular formula is C17H15F2N3O3S. The van der Waals surface area contributed by atoms with E-state index in [0.717, 1.165) is 12.1 Å². The van der Waals surface area contributed by atoms with Crippen LogP contribution in [0.3, 0.4) is 0 Å². The molecule has 1 heterocycles. The van der Waals surface area contributed by atoms with Crippen LogP contribution in [0.25, 0.3) is 0 Å². The van der Waals surface area contributed by atoms with Gasteiger partial charge in [-0.1, -0.05) is 5.16 Å². The number of nitrogens with one attached hydrogen (secondary N) is 2. The molecule has 2 N–H and O–H groups in total. The summed E-state index contributed by atoms with van der Waals surface area (Å²) in [6.07, 6.45) is 0. The average molecular weight is 379 g/mol. The minimum absolute atomic E-state index is 0.00640. The van der Waals surface area contributed by atoms with Crippen LogP contribution in [-0.2, 0) is 10.0 Å². The molecule has 0 saturated heterocycles. The third-order valence-electron chi connectivity index (χ3n) is 3.58. The van der Waals surface area contributed by atoms with Gasteiger partial charge in [0.25, 0.3) is 10.0 Å². The average Bonchev–Trinajstić information content (AvgIpc) is 2.91.